The Morgan fingerprint density at radius 2 is 1.84 bits per heavy atom. The number of rotatable bonds is 3. The molecule has 1 heterocycles. The minimum Gasteiger partial charge on any atom is -0.496 e. The molecule has 1 saturated heterocycles. The highest BCUT2D eigenvalue weighted by Gasteiger charge is 2.34. The Labute approximate surface area is 150 Å². The zero-order valence-corrected chi connectivity index (χ0v) is 14.8. The molecule has 2 amide bonds. The Balaban J connectivity index is 1.99. The monoisotopic (exact) mass is 356 g/mol. The Hall–Kier alpha value is -2.79. The second-order valence-electron chi connectivity index (χ2n) is 5.79. The summed E-state index contributed by atoms with van der Waals surface area (Å²) in [4.78, 5) is 25.0. The van der Waals surface area contributed by atoms with E-state index in [1.165, 1.54) is 18.2 Å². The van der Waals surface area contributed by atoms with Gasteiger partial charge >= 0.3 is 0 Å². The van der Waals surface area contributed by atoms with E-state index < -0.39 is 11.8 Å². The highest BCUT2D eigenvalue weighted by molar-refractivity contribution is 6.32. The predicted octanol–water partition coefficient (Wildman–Crippen LogP) is 3.43. The molecule has 0 saturated carbocycles. The second kappa shape index (κ2) is 6.61. The van der Waals surface area contributed by atoms with Gasteiger partial charge in [0.2, 0.25) is 0 Å². The fourth-order valence-electron chi connectivity index (χ4n) is 2.58. The summed E-state index contributed by atoms with van der Waals surface area (Å²) in [6.07, 6.45) is 1.49. The summed E-state index contributed by atoms with van der Waals surface area (Å²) in [6, 6.07) is 10.6. The third kappa shape index (κ3) is 3.23. The van der Waals surface area contributed by atoms with Crippen molar-refractivity contribution in [2.45, 2.75) is 13.8 Å². The number of aryl methyl sites for hydroxylation is 2. The van der Waals surface area contributed by atoms with Crippen LogP contribution in [0.5, 0.6) is 5.75 Å². The van der Waals surface area contributed by atoms with Crippen molar-refractivity contribution < 1.29 is 14.3 Å². The lowest BCUT2D eigenvalue weighted by Crippen LogP contribution is -2.35. The smallest absolute Gasteiger partial charge is 0.282 e. The minimum absolute atomic E-state index is 0.0267. The highest BCUT2D eigenvalue weighted by atomic mass is 35.5. The molecule has 0 radical (unpaired) electrons. The number of halogens is 1. The number of carbonyl (C=O) groups excluding carboxylic acids is 2. The van der Waals surface area contributed by atoms with Crippen molar-refractivity contribution in [2.75, 3.05) is 12.1 Å². The molecule has 25 heavy (non-hydrogen) atoms. The molecule has 0 aliphatic carbocycles. The van der Waals surface area contributed by atoms with Crippen LogP contribution in [0.4, 0.5) is 5.69 Å². The van der Waals surface area contributed by atoms with Crippen LogP contribution in [0, 0.1) is 13.8 Å². The molecular formula is C19H17ClN2O3. The maximum atomic E-state index is 12.7. The molecule has 0 atom stereocenters. The van der Waals surface area contributed by atoms with Crippen LogP contribution >= 0.6 is 11.6 Å². The largest absolute Gasteiger partial charge is 0.496 e. The number of amides is 2. The molecule has 3 rings (SSSR count). The average Bonchev–Trinajstić information content (AvgIpc) is 2.86. The quantitative estimate of drug-likeness (QED) is 0.677. The van der Waals surface area contributed by atoms with E-state index in [-0.39, 0.29) is 5.57 Å². The van der Waals surface area contributed by atoms with Gasteiger partial charge in [-0.2, -0.15) is 0 Å². The van der Waals surface area contributed by atoms with Crippen molar-refractivity contribution in [1.82, 2.24) is 5.43 Å². The third-order valence-electron chi connectivity index (χ3n) is 4.13. The Morgan fingerprint density at radius 3 is 2.52 bits per heavy atom. The molecule has 5 nitrogen and oxygen atoms in total. The lowest BCUT2D eigenvalue weighted by Gasteiger charge is -2.16. The van der Waals surface area contributed by atoms with E-state index in [0.717, 1.165) is 11.1 Å². The van der Waals surface area contributed by atoms with Crippen molar-refractivity contribution in [3.05, 3.63) is 63.7 Å². The molecule has 0 bridgehead atoms. The first-order valence-electron chi connectivity index (χ1n) is 7.68. The van der Waals surface area contributed by atoms with Crippen LogP contribution in [0.2, 0.25) is 5.02 Å². The number of ether oxygens (including phenoxy) is 1. The number of carbonyl (C=O) groups is 2. The number of nitrogens with one attached hydrogen (secondary N) is 1. The zero-order chi connectivity index (χ0) is 18.1. The molecule has 0 aromatic heterocycles. The number of hydrogen-bond acceptors (Lipinski definition) is 3. The van der Waals surface area contributed by atoms with E-state index in [1.807, 2.05) is 26.0 Å². The van der Waals surface area contributed by atoms with Crippen LogP contribution in [0.3, 0.4) is 0 Å². The fourth-order valence-corrected chi connectivity index (χ4v) is 2.76. The number of nitrogens with zero attached hydrogens (tertiary/aromatic N) is 1. The Morgan fingerprint density at radius 1 is 1.08 bits per heavy atom. The van der Waals surface area contributed by atoms with Gasteiger partial charge in [0.25, 0.3) is 11.8 Å². The van der Waals surface area contributed by atoms with Gasteiger partial charge in [0, 0.05) is 10.6 Å². The van der Waals surface area contributed by atoms with E-state index in [1.54, 1.807) is 24.3 Å². The SMILES string of the molecule is COc1ccc(Cl)cc1/C=C1/C(=O)NN(c2ccc(C)c(C)c2)C1=O. The average molecular weight is 357 g/mol. The molecule has 128 valence electrons. The summed E-state index contributed by atoms with van der Waals surface area (Å²) in [6.45, 7) is 3.94. The van der Waals surface area contributed by atoms with Gasteiger partial charge in [-0.3, -0.25) is 15.0 Å². The summed E-state index contributed by atoms with van der Waals surface area (Å²) in [7, 11) is 1.52. The van der Waals surface area contributed by atoms with Gasteiger partial charge in [-0.05, 0) is 61.4 Å². The summed E-state index contributed by atoms with van der Waals surface area (Å²) >= 11 is 6.01. The lowest BCUT2D eigenvalue weighted by atomic mass is 10.1. The van der Waals surface area contributed by atoms with Crippen molar-refractivity contribution in [2.24, 2.45) is 0 Å². The first kappa shape index (κ1) is 17.0. The minimum atomic E-state index is -0.467. The van der Waals surface area contributed by atoms with Crippen LogP contribution in [0.25, 0.3) is 6.08 Å². The van der Waals surface area contributed by atoms with Crippen LogP contribution < -0.4 is 15.2 Å². The Bertz CT molecular complexity index is 906. The van der Waals surface area contributed by atoms with Crippen molar-refractivity contribution in [1.29, 1.82) is 0 Å². The number of methoxy groups -OCH3 is 1. The number of benzene rings is 2. The van der Waals surface area contributed by atoms with Gasteiger partial charge < -0.3 is 4.74 Å². The molecule has 1 N–H and O–H groups in total. The maximum Gasteiger partial charge on any atom is 0.282 e. The van der Waals surface area contributed by atoms with Gasteiger partial charge in [-0.15, -0.1) is 0 Å². The zero-order valence-electron chi connectivity index (χ0n) is 14.1. The normalized spacial score (nSPS) is 15.7. The first-order chi connectivity index (χ1) is 11.9. The predicted molar refractivity (Wildman–Crippen MR) is 97.5 cm³/mol. The molecule has 0 spiro atoms. The van der Waals surface area contributed by atoms with Crippen molar-refractivity contribution in [3.63, 3.8) is 0 Å². The van der Waals surface area contributed by atoms with Gasteiger partial charge in [0.05, 0.1) is 12.8 Å². The van der Waals surface area contributed by atoms with E-state index in [2.05, 4.69) is 5.43 Å². The number of hydrazine groups is 1. The number of anilines is 1. The van der Waals surface area contributed by atoms with E-state index in [9.17, 15) is 9.59 Å². The van der Waals surface area contributed by atoms with E-state index in [0.29, 0.717) is 22.0 Å². The van der Waals surface area contributed by atoms with Gasteiger partial charge in [0.1, 0.15) is 11.3 Å². The third-order valence-corrected chi connectivity index (χ3v) is 4.37. The summed E-state index contributed by atoms with van der Waals surface area (Å²) in [5.74, 6) is -0.359. The van der Waals surface area contributed by atoms with Crippen molar-refractivity contribution >= 4 is 35.2 Å². The molecule has 6 heteroatoms. The summed E-state index contributed by atoms with van der Waals surface area (Å²) in [5.41, 5.74) is 5.95. The fraction of sp³-hybridized carbons (Fsp3) is 0.158. The molecule has 1 fully saturated rings. The molecule has 2 aromatic carbocycles. The maximum absolute atomic E-state index is 12.7. The highest BCUT2D eigenvalue weighted by Crippen LogP contribution is 2.28. The summed E-state index contributed by atoms with van der Waals surface area (Å²) in [5, 5.41) is 1.74. The van der Waals surface area contributed by atoms with Gasteiger partial charge in [-0.25, -0.2) is 5.01 Å². The van der Waals surface area contributed by atoms with E-state index in [4.69, 9.17) is 16.3 Å². The molecule has 2 aromatic rings. The van der Waals surface area contributed by atoms with Crippen LogP contribution in [0.15, 0.2) is 42.0 Å². The molecule has 1 aliphatic heterocycles. The van der Waals surface area contributed by atoms with Crippen LogP contribution in [-0.2, 0) is 9.59 Å². The Kier molecular flexibility index (Phi) is 4.51. The van der Waals surface area contributed by atoms with Gasteiger partial charge in [0.15, 0.2) is 0 Å². The molecule has 0 unspecified atom stereocenters. The molecule has 1 aliphatic rings. The second-order valence-corrected chi connectivity index (χ2v) is 6.23. The summed E-state index contributed by atoms with van der Waals surface area (Å²) < 4.78 is 5.26. The van der Waals surface area contributed by atoms with Crippen LogP contribution in [-0.4, -0.2) is 18.9 Å². The van der Waals surface area contributed by atoms with Gasteiger partial charge in [-0.1, -0.05) is 17.7 Å². The standard InChI is InChI=1S/C19H17ClN2O3/c1-11-4-6-15(8-12(11)2)22-19(24)16(18(23)21-22)10-13-9-14(20)5-7-17(13)25-3/h4-10H,1-3H3,(H,21,23)/b16-10-. The topological polar surface area (TPSA) is 58.6 Å². The van der Waals surface area contributed by atoms with Crippen LogP contribution in [0.1, 0.15) is 16.7 Å². The number of hydrogen-bond donors (Lipinski definition) is 1. The first-order valence-corrected chi connectivity index (χ1v) is 8.06. The molecular weight excluding hydrogens is 340 g/mol. The van der Waals surface area contributed by atoms with E-state index >= 15 is 0 Å². The van der Waals surface area contributed by atoms with Crippen molar-refractivity contribution in [3.8, 4) is 5.75 Å². The lowest BCUT2D eigenvalue weighted by molar-refractivity contribution is -0.117.